The second kappa shape index (κ2) is 5.65. The van der Waals surface area contributed by atoms with Crippen molar-refractivity contribution >= 4 is 11.8 Å². The summed E-state index contributed by atoms with van der Waals surface area (Å²) in [5, 5.41) is 9.50. The fraction of sp³-hybridized carbons (Fsp3) is 0.538. The van der Waals surface area contributed by atoms with Crippen molar-refractivity contribution in [1.82, 2.24) is 0 Å². The number of rotatable bonds is 5. The van der Waals surface area contributed by atoms with Crippen molar-refractivity contribution in [3.05, 3.63) is 23.8 Å². The predicted octanol–water partition coefficient (Wildman–Crippen LogP) is 2.11. The first-order valence-electron chi connectivity index (χ1n) is 5.79. The lowest BCUT2D eigenvalue weighted by molar-refractivity contribution is 0.188. The highest BCUT2D eigenvalue weighted by Crippen LogP contribution is 2.35. The molecule has 0 saturated carbocycles. The van der Waals surface area contributed by atoms with E-state index in [1.54, 1.807) is 14.0 Å². The van der Waals surface area contributed by atoms with Gasteiger partial charge in [-0.3, -0.25) is 0 Å². The lowest BCUT2D eigenvalue weighted by Gasteiger charge is -2.28. The van der Waals surface area contributed by atoms with E-state index in [0.717, 1.165) is 28.6 Å². The fourth-order valence-electron chi connectivity index (χ4n) is 1.78. The molecule has 1 atom stereocenters. The Hall–Kier alpha value is -0.870. The summed E-state index contributed by atoms with van der Waals surface area (Å²) in [6, 6.07) is 5.81. The number of hydrogen-bond donors (Lipinski definition) is 1. The number of benzene rings is 1. The molecule has 1 fully saturated rings. The molecule has 1 heterocycles. The Morgan fingerprint density at radius 3 is 2.76 bits per heavy atom. The highest BCUT2D eigenvalue weighted by Gasteiger charge is 2.23. The molecule has 1 aromatic rings. The molecule has 1 saturated heterocycles. The van der Waals surface area contributed by atoms with Gasteiger partial charge in [-0.15, -0.1) is 0 Å². The number of ether oxygens (including phenoxy) is 2. The maximum absolute atomic E-state index is 9.50. The summed E-state index contributed by atoms with van der Waals surface area (Å²) in [6.45, 7) is 1.78. The number of thioether (sulfide) groups is 1. The van der Waals surface area contributed by atoms with Gasteiger partial charge in [0.15, 0.2) is 11.5 Å². The molecule has 17 heavy (non-hydrogen) atoms. The molecular formula is C13H18O3S. The van der Waals surface area contributed by atoms with Crippen molar-refractivity contribution in [1.29, 1.82) is 0 Å². The van der Waals surface area contributed by atoms with Crippen molar-refractivity contribution in [2.75, 3.05) is 18.6 Å². The smallest absolute Gasteiger partial charge is 0.164 e. The van der Waals surface area contributed by atoms with Gasteiger partial charge in [0.1, 0.15) is 6.10 Å². The van der Waals surface area contributed by atoms with Crippen LogP contribution in [-0.4, -0.2) is 35.9 Å². The van der Waals surface area contributed by atoms with E-state index < -0.39 is 0 Å². The Morgan fingerprint density at radius 1 is 1.47 bits per heavy atom. The van der Waals surface area contributed by atoms with Crippen LogP contribution in [-0.2, 0) is 6.42 Å². The molecule has 0 radical (unpaired) electrons. The summed E-state index contributed by atoms with van der Waals surface area (Å²) >= 11 is 1.88. The quantitative estimate of drug-likeness (QED) is 0.873. The first-order valence-corrected chi connectivity index (χ1v) is 6.94. The van der Waals surface area contributed by atoms with Crippen LogP contribution in [0.15, 0.2) is 18.2 Å². The van der Waals surface area contributed by atoms with E-state index in [1.165, 1.54) is 0 Å². The fourth-order valence-corrected chi connectivity index (χ4v) is 2.35. The van der Waals surface area contributed by atoms with Crippen LogP contribution in [0.5, 0.6) is 11.5 Å². The number of aliphatic hydroxyl groups is 1. The van der Waals surface area contributed by atoms with E-state index in [9.17, 15) is 5.11 Å². The molecule has 0 spiro atoms. The molecule has 94 valence electrons. The van der Waals surface area contributed by atoms with Gasteiger partial charge in [0.25, 0.3) is 0 Å². The highest BCUT2D eigenvalue weighted by atomic mass is 32.2. The van der Waals surface area contributed by atoms with E-state index in [2.05, 4.69) is 0 Å². The van der Waals surface area contributed by atoms with Gasteiger partial charge in [-0.1, -0.05) is 12.1 Å². The zero-order chi connectivity index (χ0) is 12.3. The molecule has 0 amide bonds. The van der Waals surface area contributed by atoms with Crippen molar-refractivity contribution in [2.45, 2.75) is 25.6 Å². The Kier molecular flexibility index (Phi) is 4.18. The van der Waals surface area contributed by atoms with Crippen molar-refractivity contribution in [3.8, 4) is 11.5 Å². The molecule has 3 nitrogen and oxygen atoms in total. The molecule has 1 aromatic carbocycles. The number of para-hydroxylation sites is 1. The summed E-state index contributed by atoms with van der Waals surface area (Å²) in [5.74, 6) is 3.61. The molecule has 0 aliphatic carbocycles. The number of methoxy groups -OCH3 is 1. The zero-order valence-electron chi connectivity index (χ0n) is 10.2. The molecule has 1 aliphatic rings. The SMILES string of the molecule is COc1cccc(CC(C)O)c1OC1CSC1. The van der Waals surface area contributed by atoms with Crippen LogP contribution in [0.4, 0.5) is 0 Å². The summed E-state index contributed by atoms with van der Waals surface area (Å²) in [7, 11) is 1.64. The summed E-state index contributed by atoms with van der Waals surface area (Å²) in [6.07, 6.45) is 0.496. The van der Waals surface area contributed by atoms with Crippen molar-refractivity contribution < 1.29 is 14.6 Å². The Morgan fingerprint density at radius 2 is 2.24 bits per heavy atom. The van der Waals surface area contributed by atoms with E-state index in [4.69, 9.17) is 9.47 Å². The van der Waals surface area contributed by atoms with Gasteiger partial charge in [-0.25, -0.2) is 0 Å². The third-order valence-corrected chi connectivity index (χ3v) is 3.90. The average molecular weight is 254 g/mol. The first-order chi connectivity index (χ1) is 8.20. The summed E-state index contributed by atoms with van der Waals surface area (Å²) in [5.41, 5.74) is 1.01. The van der Waals surface area contributed by atoms with E-state index >= 15 is 0 Å². The highest BCUT2D eigenvalue weighted by molar-refractivity contribution is 8.00. The second-order valence-electron chi connectivity index (χ2n) is 4.28. The number of aliphatic hydroxyl groups excluding tert-OH is 1. The maximum atomic E-state index is 9.50. The van der Waals surface area contributed by atoms with E-state index in [-0.39, 0.29) is 12.2 Å². The normalized spacial score (nSPS) is 17.4. The van der Waals surface area contributed by atoms with Gasteiger partial charge in [-0.2, -0.15) is 11.8 Å². The van der Waals surface area contributed by atoms with Crippen molar-refractivity contribution in [2.24, 2.45) is 0 Å². The largest absolute Gasteiger partial charge is 0.493 e. The Labute approximate surface area is 106 Å². The van der Waals surface area contributed by atoms with Gasteiger partial charge in [0, 0.05) is 23.5 Å². The second-order valence-corrected chi connectivity index (χ2v) is 5.35. The average Bonchev–Trinajstić information content (AvgIpc) is 2.23. The number of hydrogen-bond acceptors (Lipinski definition) is 4. The van der Waals surface area contributed by atoms with Crippen LogP contribution < -0.4 is 9.47 Å². The molecule has 1 aliphatic heterocycles. The maximum Gasteiger partial charge on any atom is 0.164 e. The summed E-state index contributed by atoms with van der Waals surface area (Å²) in [4.78, 5) is 0. The van der Waals surface area contributed by atoms with Gasteiger partial charge in [-0.05, 0) is 13.0 Å². The van der Waals surface area contributed by atoms with Gasteiger partial charge >= 0.3 is 0 Å². The van der Waals surface area contributed by atoms with Gasteiger partial charge < -0.3 is 14.6 Å². The van der Waals surface area contributed by atoms with E-state index in [1.807, 2.05) is 30.0 Å². The first kappa shape index (κ1) is 12.6. The zero-order valence-corrected chi connectivity index (χ0v) is 11.0. The minimum atomic E-state index is -0.375. The standard InChI is InChI=1S/C13H18O3S/c1-9(14)6-10-4-3-5-12(15-2)13(10)16-11-7-17-8-11/h3-5,9,11,14H,6-8H2,1-2H3. The van der Waals surface area contributed by atoms with Crippen LogP contribution in [0, 0.1) is 0 Å². The molecule has 2 rings (SSSR count). The lowest BCUT2D eigenvalue weighted by Crippen LogP contribution is -2.31. The van der Waals surface area contributed by atoms with Gasteiger partial charge in [0.05, 0.1) is 13.2 Å². The monoisotopic (exact) mass is 254 g/mol. The van der Waals surface area contributed by atoms with Crippen LogP contribution in [0.25, 0.3) is 0 Å². The summed E-state index contributed by atoms with van der Waals surface area (Å²) < 4.78 is 11.3. The molecule has 1 N–H and O–H groups in total. The third-order valence-electron chi connectivity index (χ3n) is 2.69. The molecule has 0 bridgehead atoms. The predicted molar refractivity (Wildman–Crippen MR) is 70.1 cm³/mol. The van der Waals surface area contributed by atoms with Crippen LogP contribution in [0.2, 0.25) is 0 Å². The van der Waals surface area contributed by atoms with Crippen molar-refractivity contribution in [3.63, 3.8) is 0 Å². The van der Waals surface area contributed by atoms with Gasteiger partial charge in [0.2, 0.25) is 0 Å². The molecular weight excluding hydrogens is 236 g/mol. The van der Waals surface area contributed by atoms with Crippen LogP contribution >= 0.6 is 11.8 Å². The molecule has 1 unspecified atom stereocenters. The van der Waals surface area contributed by atoms with Crippen LogP contribution in [0.3, 0.4) is 0 Å². The minimum Gasteiger partial charge on any atom is -0.493 e. The topological polar surface area (TPSA) is 38.7 Å². The third kappa shape index (κ3) is 3.07. The Bertz CT molecular complexity index is 375. The Balaban J connectivity index is 2.22. The molecule has 4 heteroatoms. The van der Waals surface area contributed by atoms with E-state index in [0.29, 0.717) is 6.42 Å². The lowest BCUT2D eigenvalue weighted by atomic mass is 10.1. The molecule has 0 aromatic heterocycles. The minimum absolute atomic E-state index is 0.282. The van der Waals surface area contributed by atoms with Crippen LogP contribution in [0.1, 0.15) is 12.5 Å².